The van der Waals surface area contributed by atoms with Crippen molar-refractivity contribution in [3.05, 3.63) is 18.2 Å². The minimum Gasteiger partial charge on any atom is -0.322 e. The summed E-state index contributed by atoms with van der Waals surface area (Å²) in [5, 5.41) is 3.34. The van der Waals surface area contributed by atoms with Gasteiger partial charge in [0.25, 0.3) is 0 Å². The minimum absolute atomic E-state index is 0.980. The summed E-state index contributed by atoms with van der Waals surface area (Å²) in [6.07, 6.45) is 3.90. The van der Waals surface area contributed by atoms with E-state index in [-0.39, 0.29) is 0 Å². The molecule has 0 aliphatic carbocycles. The fourth-order valence-electron chi connectivity index (χ4n) is 1.62. The Bertz CT molecular complexity index is 262. The maximum Gasteiger partial charge on any atom is 0.106 e. The number of nitrogens with one attached hydrogen (secondary N) is 1. The van der Waals surface area contributed by atoms with Crippen molar-refractivity contribution in [3.63, 3.8) is 0 Å². The molecule has 13 heavy (non-hydrogen) atoms. The van der Waals surface area contributed by atoms with E-state index in [1.165, 1.54) is 0 Å². The molecule has 2 rings (SSSR count). The molecule has 0 amide bonds. The second-order valence-corrected chi connectivity index (χ2v) is 3.45. The molecule has 1 fully saturated rings. The summed E-state index contributed by atoms with van der Waals surface area (Å²) >= 11 is 0. The van der Waals surface area contributed by atoms with E-state index in [0.29, 0.717) is 0 Å². The van der Waals surface area contributed by atoms with Crippen LogP contribution in [0, 0.1) is 6.92 Å². The van der Waals surface area contributed by atoms with Gasteiger partial charge in [0.15, 0.2) is 0 Å². The Morgan fingerprint density at radius 3 is 2.85 bits per heavy atom. The quantitative estimate of drug-likeness (QED) is 0.698. The Kier molecular flexibility index (Phi) is 2.61. The molecule has 0 spiro atoms. The second kappa shape index (κ2) is 3.89. The lowest BCUT2D eigenvalue weighted by Gasteiger charge is -2.27. The molecule has 1 N–H and O–H groups in total. The fraction of sp³-hybridized carbons (Fsp3) is 0.667. The largest absolute Gasteiger partial charge is 0.322 e. The molecule has 4 heteroatoms. The van der Waals surface area contributed by atoms with Crippen LogP contribution in [0.15, 0.2) is 12.4 Å². The lowest BCUT2D eigenvalue weighted by Crippen LogP contribution is -2.44. The van der Waals surface area contributed by atoms with E-state index >= 15 is 0 Å². The van der Waals surface area contributed by atoms with Gasteiger partial charge >= 0.3 is 0 Å². The molecule has 4 nitrogen and oxygen atoms in total. The summed E-state index contributed by atoms with van der Waals surface area (Å²) in [6, 6.07) is 0. The fourth-order valence-corrected chi connectivity index (χ4v) is 1.62. The highest BCUT2D eigenvalue weighted by Gasteiger charge is 2.09. The van der Waals surface area contributed by atoms with Crippen LogP contribution in [0.2, 0.25) is 0 Å². The molecule has 1 aromatic heterocycles. The van der Waals surface area contributed by atoms with Crippen LogP contribution in [0.1, 0.15) is 5.82 Å². The van der Waals surface area contributed by atoms with E-state index in [1.54, 1.807) is 0 Å². The Balaban J connectivity index is 1.93. The van der Waals surface area contributed by atoms with Gasteiger partial charge in [-0.15, -0.1) is 0 Å². The number of imidazole rings is 1. The van der Waals surface area contributed by atoms with Gasteiger partial charge in [-0.2, -0.15) is 0 Å². The Morgan fingerprint density at radius 1 is 1.46 bits per heavy atom. The molecular weight excluding hydrogens is 164 g/mol. The predicted octanol–water partition coefficient (Wildman–Crippen LogP) is 0.0542. The standard InChI is InChI=1S/C9H16N4/c1-9-11-4-7-13(9)8-12-5-2-10-3-6-12/h4,7,10H,2-3,5-6,8H2,1H3. The van der Waals surface area contributed by atoms with Gasteiger partial charge in [0.2, 0.25) is 0 Å². The van der Waals surface area contributed by atoms with Gasteiger partial charge in [-0.05, 0) is 6.92 Å². The van der Waals surface area contributed by atoms with Crippen LogP contribution in [0.5, 0.6) is 0 Å². The number of hydrogen-bond acceptors (Lipinski definition) is 3. The van der Waals surface area contributed by atoms with E-state index in [1.807, 2.05) is 19.3 Å². The van der Waals surface area contributed by atoms with Crippen LogP contribution < -0.4 is 5.32 Å². The SMILES string of the molecule is Cc1nccn1CN1CCNCC1. The van der Waals surface area contributed by atoms with Crippen LogP contribution in [0.4, 0.5) is 0 Å². The van der Waals surface area contributed by atoms with Gasteiger partial charge < -0.3 is 9.88 Å². The third-order valence-corrected chi connectivity index (χ3v) is 2.49. The smallest absolute Gasteiger partial charge is 0.106 e. The number of nitrogens with zero attached hydrogens (tertiary/aromatic N) is 3. The van der Waals surface area contributed by atoms with Crippen LogP contribution >= 0.6 is 0 Å². The Hall–Kier alpha value is -0.870. The normalized spacial score (nSPS) is 19.2. The minimum atomic E-state index is 0.980. The molecule has 1 aromatic rings. The lowest BCUT2D eigenvalue weighted by molar-refractivity contribution is 0.191. The summed E-state index contributed by atoms with van der Waals surface area (Å²) in [5.74, 6) is 1.10. The van der Waals surface area contributed by atoms with Crippen molar-refractivity contribution in [2.45, 2.75) is 13.6 Å². The van der Waals surface area contributed by atoms with Gasteiger partial charge in [-0.3, -0.25) is 4.90 Å². The zero-order chi connectivity index (χ0) is 9.10. The zero-order valence-electron chi connectivity index (χ0n) is 8.03. The van der Waals surface area contributed by atoms with Crippen molar-refractivity contribution in [2.75, 3.05) is 26.2 Å². The monoisotopic (exact) mass is 180 g/mol. The molecule has 1 saturated heterocycles. The van der Waals surface area contributed by atoms with Gasteiger partial charge in [0.05, 0.1) is 6.67 Å². The third-order valence-electron chi connectivity index (χ3n) is 2.49. The van der Waals surface area contributed by atoms with Crippen molar-refractivity contribution in [1.82, 2.24) is 19.8 Å². The van der Waals surface area contributed by atoms with Crippen molar-refractivity contribution in [3.8, 4) is 0 Å². The summed E-state index contributed by atoms with van der Waals surface area (Å²) in [4.78, 5) is 6.64. The van der Waals surface area contributed by atoms with Crippen LogP contribution in [0.25, 0.3) is 0 Å². The first-order valence-corrected chi connectivity index (χ1v) is 4.77. The lowest BCUT2D eigenvalue weighted by atomic mass is 10.4. The highest BCUT2D eigenvalue weighted by atomic mass is 15.3. The number of hydrogen-bond donors (Lipinski definition) is 1. The zero-order valence-corrected chi connectivity index (χ0v) is 8.03. The average Bonchev–Trinajstić information content (AvgIpc) is 2.54. The van der Waals surface area contributed by atoms with Crippen molar-refractivity contribution in [1.29, 1.82) is 0 Å². The summed E-state index contributed by atoms with van der Waals surface area (Å²) < 4.78 is 2.19. The topological polar surface area (TPSA) is 33.1 Å². The first-order chi connectivity index (χ1) is 6.36. The number of piperazine rings is 1. The molecule has 0 bridgehead atoms. The highest BCUT2D eigenvalue weighted by Crippen LogP contribution is 2.00. The maximum absolute atomic E-state index is 4.20. The first-order valence-electron chi connectivity index (χ1n) is 4.77. The Morgan fingerprint density at radius 2 is 2.23 bits per heavy atom. The van der Waals surface area contributed by atoms with E-state index in [2.05, 4.69) is 19.8 Å². The first kappa shape index (κ1) is 8.72. The molecule has 1 aliphatic rings. The van der Waals surface area contributed by atoms with Gasteiger partial charge in [0, 0.05) is 38.6 Å². The molecule has 0 saturated carbocycles. The van der Waals surface area contributed by atoms with Crippen LogP contribution in [-0.4, -0.2) is 40.6 Å². The number of aromatic nitrogens is 2. The molecule has 0 atom stereocenters. The molecule has 2 heterocycles. The average molecular weight is 180 g/mol. The van der Waals surface area contributed by atoms with Gasteiger partial charge in [-0.25, -0.2) is 4.98 Å². The summed E-state index contributed by atoms with van der Waals surface area (Å²) in [6.45, 7) is 7.51. The van der Waals surface area contributed by atoms with Crippen LogP contribution in [0.3, 0.4) is 0 Å². The maximum atomic E-state index is 4.20. The van der Waals surface area contributed by atoms with Crippen LogP contribution in [-0.2, 0) is 6.67 Å². The predicted molar refractivity (Wildman–Crippen MR) is 51.4 cm³/mol. The van der Waals surface area contributed by atoms with E-state index in [4.69, 9.17) is 0 Å². The molecule has 72 valence electrons. The van der Waals surface area contributed by atoms with E-state index in [9.17, 15) is 0 Å². The van der Waals surface area contributed by atoms with Crippen molar-refractivity contribution in [2.24, 2.45) is 0 Å². The molecule has 0 unspecified atom stereocenters. The van der Waals surface area contributed by atoms with Crippen molar-refractivity contribution < 1.29 is 0 Å². The molecular formula is C9H16N4. The highest BCUT2D eigenvalue weighted by molar-refractivity contribution is 4.88. The van der Waals surface area contributed by atoms with E-state index < -0.39 is 0 Å². The Labute approximate surface area is 78.6 Å². The molecule has 0 radical (unpaired) electrons. The molecule has 0 aromatic carbocycles. The molecule has 1 aliphatic heterocycles. The van der Waals surface area contributed by atoms with Gasteiger partial charge in [-0.1, -0.05) is 0 Å². The number of aryl methyl sites for hydroxylation is 1. The van der Waals surface area contributed by atoms with Gasteiger partial charge in [0.1, 0.15) is 5.82 Å². The number of rotatable bonds is 2. The van der Waals surface area contributed by atoms with Crippen molar-refractivity contribution >= 4 is 0 Å². The second-order valence-electron chi connectivity index (χ2n) is 3.45. The third kappa shape index (κ3) is 2.08. The van der Waals surface area contributed by atoms with E-state index in [0.717, 1.165) is 38.7 Å². The summed E-state index contributed by atoms with van der Waals surface area (Å²) in [5.41, 5.74) is 0. The summed E-state index contributed by atoms with van der Waals surface area (Å²) in [7, 11) is 0.